The van der Waals surface area contributed by atoms with Gasteiger partial charge in [0.25, 0.3) is 0 Å². The largest absolute Gasteiger partial charge is 0.494 e. The Kier molecular flexibility index (Phi) is 7.30. The zero-order chi connectivity index (χ0) is 22.3. The van der Waals surface area contributed by atoms with Crippen molar-refractivity contribution >= 4 is 17.6 Å². The molecule has 0 bridgehead atoms. The van der Waals surface area contributed by atoms with Crippen LogP contribution in [0.25, 0.3) is 0 Å². The van der Waals surface area contributed by atoms with E-state index in [-0.39, 0.29) is 11.9 Å². The quantitative estimate of drug-likeness (QED) is 0.665. The molecule has 3 amide bonds. The number of allylic oxidation sites excluding steroid dienone is 5. The highest BCUT2D eigenvalue weighted by atomic mass is 16.5. The van der Waals surface area contributed by atoms with E-state index in [0.717, 1.165) is 74.3 Å². The van der Waals surface area contributed by atoms with Gasteiger partial charge in [0.15, 0.2) is 0 Å². The lowest BCUT2D eigenvalue weighted by Crippen LogP contribution is -2.44. The molecule has 4 rings (SSSR count). The lowest BCUT2D eigenvalue weighted by atomic mass is 9.94. The van der Waals surface area contributed by atoms with Crippen LogP contribution in [0.15, 0.2) is 53.8 Å². The molecule has 1 aromatic carbocycles. The second-order valence-electron chi connectivity index (χ2n) is 8.73. The van der Waals surface area contributed by atoms with Gasteiger partial charge >= 0.3 is 6.03 Å². The van der Waals surface area contributed by atoms with E-state index in [9.17, 15) is 9.59 Å². The van der Waals surface area contributed by atoms with E-state index in [1.807, 2.05) is 29.2 Å². The van der Waals surface area contributed by atoms with E-state index >= 15 is 0 Å². The van der Waals surface area contributed by atoms with E-state index in [0.29, 0.717) is 18.9 Å². The summed E-state index contributed by atoms with van der Waals surface area (Å²) in [6.07, 6.45) is 14.5. The van der Waals surface area contributed by atoms with Crippen molar-refractivity contribution in [2.24, 2.45) is 5.92 Å². The number of nitrogens with zero attached hydrogens (tertiary/aromatic N) is 1. The van der Waals surface area contributed by atoms with Crippen LogP contribution in [0.2, 0.25) is 0 Å². The lowest BCUT2D eigenvalue weighted by molar-refractivity contribution is -0.116. The van der Waals surface area contributed by atoms with E-state index in [1.54, 1.807) is 0 Å². The van der Waals surface area contributed by atoms with E-state index in [1.165, 1.54) is 5.57 Å². The summed E-state index contributed by atoms with van der Waals surface area (Å²) in [7, 11) is 0. The number of ether oxygens (including phenoxy) is 1. The summed E-state index contributed by atoms with van der Waals surface area (Å²) in [5.41, 5.74) is 4.23. The molecule has 2 heterocycles. The number of urea groups is 1. The van der Waals surface area contributed by atoms with Crippen LogP contribution in [0, 0.1) is 5.92 Å². The Hall–Kier alpha value is -3.02. The van der Waals surface area contributed by atoms with Crippen LogP contribution < -0.4 is 15.4 Å². The standard InChI is InChI=1S/C26H33N3O3/c1-2-19-4-3-5-22(8-6-19)27-26(31)29-15-12-20(13-16-29)14-17-32-23-9-10-24-21(18-23)7-11-25(30)28-24/h4-6,8-10,18,20H,2-3,7,11-17H2,1H3,(H,27,31)(H,28,30). The van der Waals surface area contributed by atoms with Crippen LogP contribution in [0.1, 0.15) is 51.0 Å². The Labute approximate surface area is 190 Å². The first-order valence-corrected chi connectivity index (χ1v) is 11.8. The SMILES string of the molecule is CCC1=CCC=C(NC(=O)N2CCC(CCOc3ccc4c(c3)CCC(=O)N4)CC2)C=C1. The van der Waals surface area contributed by atoms with Gasteiger partial charge in [-0.25, -0.2) is 4.79 Å². The van der Waals surface area contributed by atoms with Crippen LogP contribution in [-0.2, 0) is 11.2 Å². The number of piperidine rings is 1. The van der Waals surface area contributed by atoms with Gasteiger partial charge in [-0.05, 0) is 74.3 Å². The Morgan fingerprint density at radius 2 is 2.03 bits per heavy atom. The van der Waals surface area contributed by atoms with Gasteiger partial charge in [-0.3, -0.25) is 4.79 Å². The number of amides is 3. The summed E-state index contributed by atoms with van der Waals surface area (Å²) in [6, 6.07) is 5.89. The highest BCUT2D eigenvalue weighted by Crippen LogP contribution is 2.27. The minimum absolute atomic E-state index is 0.00306. The molecule has 1 aromatic rings. The van der Waals surface area contributed by atoms with E-state index < -0.39 is 0 Å². The second kappa shape index (κ2) is 10.5. The van der Waals surface area contributed by atoms with Gasteiger partial charge in [0, 0.05) is 30.9 Å². The molecule has 0 radical (unpaired) electrons. The zero-order valence-electron chi connectivity index (χ0n) is 18.9. The minimum Gasteiger partial charge on any atom is -0.494 e. The molecule has 3 aliphatic rings. The molecule has 1 aliphatic carbocycles. The molecule has 2 aliphatic heterocycles. The molecular formula is C26H33N3O3. The maximum atomic E-state index is 12.6. The molecule has 1 saturated heterocycles. The number of anilines is 1. The van der Waals surface area contributed by atoms with Crippen LogP contribution in [0.3, 0.4) is 0 Å². The Morgan fingerprint density at radius 1 is 1.19 bits per heavy atom. The van der Waals surface area contributed by atoms with E-state index in [2.05, 4.69) is 35.8 Å². The fraction of sp³-hybridized carbons (Fsp3) is 0.462. The van der Waals surface area contributed by atoms with Crippen molar-refractivity contribution < 1.29 is 14.3 Å². The number of likely N-dealkylation sites (tertiary alicyclic amines) is 1. The van der Waals surface area contributed by atoms with Crippen molar-refractivity contribution in [1.82, 2.24) is 10.2 Å². The van der Waals surface area contributed by atoms with Crippen molar-refractivity contribution in [2.45, 2.75) is 51.9 Å². The lowest BCUT2D eigenvalue weighted by Gasteiger charge is -2.32. The van der Waals surface area contributed by atoms with Gasteiger partial charge < -0.3 is 20.3 Å². The number of fused-ring (bicyclic) bond motifs is 1. The average molecular weight is 436 g/mol. The van der Waals surface area contributed by atoms with Gasteiger partial charge in [0.1, 0.15) is 5.75 Å². The van der Waals surface area contributed by atoms with Crippen LogP contribution in [0.4, 0.5) is 10.5 Å². The van der Waals surface area contributed by atoms with Crippen molar-refractivity contribution in [3.05, 3.63) is 59.3 Å². The number of hydrogen-bond donors (Lipinski definition) is 2. The first-order chi connectivity index (χ1) is 15.6. The zero-order valence-corrected chi connectivity index (χ0v) is 18.9. The van der Waals surface area contributed by atoms with Gasteiger partial charge in [-0.2, -0.15) is 0 Å². The fourth-order valence-electron chi connectivity index (χ4n) is 4.45. The molecule has 32 heavy (non-hydrogen) atoms. The van der Waals surface area contributed by atoms with Crippen molar-refractivity contribution in [1.29, 1.82) is 0 Å². The number of aryl methyl sites for hydroxylation is 1. The molecule has 6 heteroatoms. The highest BCUT2D eigenvalue weighted by molar-refractivity contribution is 5.94. The predicted molar refractivity (Wildman–Crippen MR) is 127 cm³/mol. The predicted octanol–water partition coefficient (Wildman–Crippen LogP) is 4.94. The number of nitrogens with one attached hydrogen (secondary N) is 2. The molecule has 0 aromatic heterocycles. The number of carbonyl (C=O) groups excluding carboxylic acids is 2. The summed E-state index contributed by atoms with van der Waals surface area (Å²) in [6.45, 7) is 4.38. The number of rotatable bonds is 6. The molecule has 6 nitrogen and oxygen atoms in total. The molecule has 1 fully saturated rings. The molecular weight excluding hydrogens is 402 g/mol. The van der Waals surface area contributed by atoms with Gasteiger partial charge in [-0.15, -0.1) is 0 Å². The van der Waals surface area contributed by atoms with Crippen LogP contribution in [-0.4, -0.2) is 36.5 Å². The van der Waals surface area contributed by atoms with Gasteiger partial charge in [-0.1, -0.05) is 30.7 Å². The van der Waals surface area contributed by atoms with Gasteiger partial charge in [0.05, 0.1) is 6.61 Å². The average Bonchev–Trinajstić information content (AvgIpc) is 3.04. The normalized spacial score (nSPS) is 18.8. The third-order valence-corrected chi connectivity index (χ3v) is 6.52. The van der Waals surface area contributed by atoms with E-state index in [4.69, 9.17) is 4.74 Å². The summed E-state index contributed by atoms with van der Waals surface area (Å²) in [4.78, 5) is 26.0. The number of carbonyl (C=O) groups is 2. The first-order valence-electron chi connectivity index (χ1n) is 11.8. The monoisotopic (exact) mass is 435 g/mol. The van der Waals surface area contributed by atoms with Crippen molar-refractivity contribution in [3.63, 3.8) is 0 Å². The Morgan fingerprint density at radius 3 is 2.84 bits per heavy atom. The Balaban J connectivity index is 1.17. The molecule has 0 spiro atoms. The fourth-order valence-corrected chi connectivity index (χ4v) is 4.45. The van der Waals surface area contributed by atoms with Crippen molar-refractivity contribution in [3.8, 4) is 5.75 Å². The van der Waals surface area contributed by atoms with Crippen molar-refractivity contribution in [2.75, 3.05) is 25.0 Å². The van der Waals surface area contributed by atoms with Gasteiger partial charge in [0.2, 0.25) is 5.91 Å². The minimum atomic E-state index is -0.00306. The maximum Gasteiger partial charge on any atom is 0.321 e. The van der Waals surface area contributed by atoms with Crippen LogP contribution >= 0.6 is 0 Å². The number of hydrogen-bond acceptors (Lipinski definition) is 3. The molecule has 2 N–H and O–H groups in total. The highest BCUT2D eigenvalue weighted by Gasteiger charge is 2.23. The maximum absolute atomic E-state index is 12.6. The molecule has 0 unspecified atom stereocenters. The van der Waals surface area contributed by atoms with Crippen LogP contribution in [0.5, 0.6) is 5.75 Å². The molecule has 0 atom stereocenters. The summed E-state index contributed by atoms with van der Waals surface area (Å²) >= 11 is 0. The number of benzene rings is 1. The summed E-state index contributed by atoms with van der Waals surface area (Å²) in [5.74, 6) is 1.52. The smallest absolute Gasteiger partial charge is 0.321 e. The third-order valence-electron chi connectivity index (χ3n) is 6.52. The summed E-state index contributed by atoms with van der Waals surface area (Å²) in [5, 5.41) is 5.96. The Bertz CT molecular complexity index is 940. The second-order valence-corrected chi connectivity index (χ2v) is 8.73. The topological polar surface area (TPSA) is 70.7 Å². The summed E-state index contributed by atoms with van der Waals surface area (Å²) < 4.78 is 5.98. The first kappa shape index (κ1) is 22.2. The molecule has 170 valence electrons. The molecule has 0 saturated carbocycles. The third kappa shape index (κ3) is 5.81.